The Balaban J connectivity index is 1.11. The Hall–Kier alpha value is -3.99. The number of carbonyl (C=O) groups is 3. The summed E-state index contributed by atoms with van der Waals surface area (Å²) in [5, 5.41) is 6.16. The van der Waals surface area contributed by atoms with Crippen molar-refractivity contribution in [1.29, 1.82) is 0 Å². The molecular weight excluding hydrogens is 514 g/mol. The largest absolute Gasteiger partial charge is 0.496 e. The van der Waals surface area contributed by atoms with Crippen LogP contribution in [0.25, 0.3) is 0 Å². The Morgan fingerprint density at radius 3 is 2.60 bits per heavy atom. The quantitative estimate of drug-likeness (QED) is 0.485. The smallest absolute Gasteiger partial charge is 0.414 e. The number of para-hydroxylation sites is 1. The van der Waals surface area contributed by atoms with Crippen LogP contribution in [0.15, 0.2) is 42.5 Å². The summed E-state index contributed by atoms with van der Waals surface area (Å²) in [5.41, 5.74) is 2.36. The summed E-state index contributed by atoms with van der Waals surface area (Å²) < 4.78 is 16.8. The van der Waals surface area contributed by atoms with E-state index in [0.29, 0.717) is 75.7 Å². The maximum absolute atomic E-state index is 13.4. The molecule has 2 fully saturated rings. The fourth-order valence-electron chi connectivity index (χ4n) is 5.39. The van der Waals surface area contributed by atoms with Gasteiger partial charge in [0.25, 0.3) is 5.91 Å². The van der Waals surface area contributed by atoms with E-state index in [2.05, 4.69) is 10.6 Å². The van der Waals surface area contributed by atoms with Crippen molar-refractivity contribution < 1.29 is 28.6 Å². The molecule has 2 aromatic rings. The van der Waals surface area contributed by atoms with Crippen LogP contribution in [-0.4, -0.2) is 93.4 Å². The minimum Gasteiger partial charge on any atom is -0.496 e. The first-order valence-electron chi connectivity index (χ1n) is 13.9. The lowest BCUT2D eigenvalue weighted by atomic mass is 10.00. The molecule has 0 unspecified atom stereocenters. The lowest BCUT2D eigenvalue weighted by Crippen LogP contribution is -2.50. The number of ether oxygens (including phenoxy) is 3. The first-order valence-corrected chi connectivity index (χ1v) is 13.9. The molecule has 0 spiro atoms. The molecular formula is C29H37N5O6. The number of hydrogen-bond donors (Lipinski definition) is 2. The van der Waals surface area contributed by atoms with E-state index in [1.165, 1.54) is 7.11 Å². The average Bonchev–Trinajstić information content (AvgIpc) is 3.01. The average molecular weight is 552 g/mol. The zero-order chi connectivity index (χ0) is 27.9. The number of benzene rings is 2. The summed E-state index contributed by atoms with van der Waals surface area (Å²) in [6.07, 6.45) is 1.64. The predicted octanol–water partition coefficient (Wildman–Crippen LogP) is 2.84. The molecule has 0 bridgehead atoms. The minimum atomic E-state index is -0.331. The number of fused-ring (bicyclic) bond motifs is 1. The Morgan fingerprint density at radius 1 is 1.05 bits per heavy atom. The van der Waals surface area contributed by atoms with Gasteiger partial charge in [0.2, 0.25) is 0 Å². The molecule has 2 saturated heterocycles. The van der Waals surface area contributed by atoms with E-state index in [-0.39, 0.29) is 30.7 Å². The Labute approximate surface area is 234 Å². The molecule has 0 saturated carbocycles. The number of methoxy groups -OCH3 is 1. The number of urea groups is 1. The highest BCUT2D eigenvalue weighted by Crippen LogP contribution is 2.33. The zero-order valence-corrected chi connectivity index (χ0v) is 22.9. The van der Waals surface area contributed by atoms with Crippen LogP contribution >= 0.6 is 0 Å². The third-order valence-electron chi connectivity index (χ3n) is 7.59. The number of likely N-dealkylation sites (tertiary alicyclic amines) is 1. The number of piperidine rings is 1. The number of hydrogen-bond acceptors (Lipinski definition) is 7. The van der Waals surface area contributed by atoms with Gasteiger partial charge in [-0.2, -0.15) is 0 Å². The van der Waals surface area contributed by atoms with Gasteiger partial charge in [-0.1, -0.05) is 18.2 Å². The van der Waals surface area contributed by atoms with Crippen molar-refractivity contribution in [3.8, 4) is 11.5 Å². The number of anilines is 1. The lowest BCUT2D eigenvalue weighted by molar-refractivity contribution is 0.0705. The van der Waals surface area contributed by atoms with Gasteiger partial charge in [-0.3, -0.25) is 9.69 Å². The van der Waals surface area contributed by atoms with Crippen molar-refractivity contribution in [2.75, 3.05) is 64.4 Å². The molecule has 3 heterocycles. The van der Waals surface area contributed by atoms with Crippen molar-refractivity contribution in [1.82, 2.24) is 20.4 Å². The van der Waals surface area contributed by atoms with Crippen molar-refractivity contribution in [2.45, 2.75) is 31.9 Å². The third-order valence-corrected chi connectivity index (χ3v) is 7.59. The monoisotopic (exact) mass is 551 g/mol. The number of piperazine rings is 1. The minimum absolute atomic E-state index is 0.0303. The van der Waals surface area contributed by atoms with E-state index >= 15 is 0 Å². The van der Waals surface area contributed by atoms with Gasteiger partial charge in [-0.15, -0.1) is 0 Å². The summed E-state index contributed by atoms with van der Waals surface area (Å²) in [7, 11) is 1.53. The first kappa shape index (κ1) is 27.6. The van der Waals surface area contributed by atoms with Gasteiger partial charge >= 0.3 is 12.1 Å². The second-order valence-corrected chi connectivity index (χ2v) is 10.1. The van der Waals surface area contributed by atoms with Crippen molar-refractivity contribution in [3.05, 3.63) is 53.6 Å². The molecule has 5 rings (SSSR count). The van der Waals surface area contributed by atoms with Crippen molar-refractivity contribution >= 4 is 23.7 Å². The summed E-state index contributed by atoms with van der Waals surface area (Å²) >= 11 is 0. The van der Waals surface area contributed by atoms with Gasteiger partial charge in [0.1, 0.15) is 18.1 Å². The van der Waals surface area contributed by atoms with E-state index in [1.54, 1.807) is 32.9 Å². The zero-order valence-electron chi connectivity index (χ0n) is 22.9. The molecule has 3 aliphatic rings. The van der Waals surface area contributed by atoms with Crippen molar-refractivity contribution in [2.24, 2.45) is 0 Å². The normalized spacial score (nSPS) is 17.6. The molecule has 3 aliphatic heterocycles. The van der Waals surface area contributed by atoms with Crippen LogP contribution in [-0.2, 0) is 11.3 Å². The second kappa shape index (κ2) is 12.9. The molecule has 0 radical (unpaired) electrons. The molecule has 214 valence electrons. The van der Waals surface area contributed by atoms with E-state index in [9.17, 15) is 14.4 Å². The molecule has 4 amide bonds. The van der Waals surface area contributed by atoms with Crippen molar-refractivity contribution in [3.63, 3.8) is 0 Å². The van der Waals surface area contributed by atoms with Crippen LogP contribution in [0.5, 0.6) is 11.5 Å². The highest BCUT2D eigenvalue weighted by molar-refractivity contribution is 5.97. The number of nitrogens with zero attached hydrogens (tertiary/aromatic N) is 3. The Kier molecular flexibility index (Phi) is 8.90. The van der Waals surface area contributed by atoms with Gasteiger partial charge in [-0.05, 0) is 37.5 Å². The SMILES string of the molecule is COc1cc(OCCCNC(=O)N2CCNCC2)ccc1C(=O)N1CCC(N2C(=O)OCc3ccccc32)CC1. The molecule has 0 aliphatic carbocycles. The fraction of sp³-hybridized carbons (Fsp3) is 0.483. The van der Waals surface area contributed by atoms with E-state index in [1.807, 2.05) is 24.3 Å². The fourth-order valence-corrected chi connectivity index (χ4v) is 5.39. The number of cyclic esters (lactones) is 1. The maximum Gasteiger partial charge on any atom is 0.414 e. The highest BCUT2D eigenvalue weighted by atomic mass is 16.6. The van der Waals surface area contributed by atoms with Gasteiger partial charge in [0, 0.05) is 63.5 Å². The number of rotatable bonds is 8. The summed E-state index contributed by atoms with van der Waals surface area (Å²) in [5.74, 6) is 0.937. The number of nitrogens with one attached hydrogen (secondary N) is 2. The van der Waals surface area contributed by atoms with Crippen LogP contribution in [0.4, 0.5) is 15.3 Å². The highest BCUT2D eigenvalue weighted by Gasteiger charge is 2.35. The molecule has 40 heavy (non-hydrogen) atoms. The standard InChI is InChI=1S/C29H37N5O6/c1-38-26-19-23(39-18-4-11-31-28(36)33-16-12-30-13-17-33)7-8-24(26)27(35)32-14-9-22(10-15-32)34-25-6-3-2-5-21(25)20-40-29(34)37/h2-3,5-8,19,22,30H,4,9-18,20H2,1H3,(H,31,36). The molecule has 2 N–H and O–H groups in total. The summed E-state index contributed by atoms with van der Waals surface area (Å²) in [6, 6.07) is 12.9. The molecule has 11 heteroatoms. The topological polar surface area (TPSA) is 113 Å². The summed E-state index contributed by atoms with van der Waals surface area (Å²) in [6.45, 7) is 5.35. The van der Waals surface area contributed by atoms with Gasteiger partial charge in [-0.25, -0.2) is 9.59 Å². The van der Waals surface area contributed by atoms with E-state index < -0.39 is 0 Å². The molecule has 0 atom stereocenters. The van der Waals surface area contributed by atoms with E-state index in [4.69, 9.17) is 14.2 Å². The van der Waals surface area contributed by atoms with Gasteiger partial charge in [0.05, 0.1) is 25.0 Å². The van der Waals surface area contributed by atoms with Crippen LogP contribution in [0.2, 0.25) is 0 Å². The lowest BCUT2D eigenvalue weighted by Gasteiger charge is -2.40. The second-order valence-electron chi connectivity index (χ2n) is 10.1. The van der Waals surface area contributed by atoms with Gasteiger partial charge < -0.3 is 34.6 Å². The Morgan fingerprint density at radius 2 is 1.82 bits per heavy atom. The number of amides is 4. The molecule has 0 aromatic heterocycles. The third kappa shape index (κ3) is 6.25. The molecule has 2 aromatic carbocycles. The predicted molar refractivity (Wildman–Crippen MR) is 149 cm³/mol. The maximum atomic E-state index is 13.4. The Bertz CT molecular complexity index is 1210. The van der Waals surface area contributed by atoms with Crippen LogP contribution in [0.1, 0.15) is 35.2 Å². The van der Waals surface area contributed by atoms with Crippen LogP contribution in [0, 0.1) is 0 Å². The summed E-state index contributed by atoms with van der Waals surface area (Å²) in [4.78, 5) is 43.5. The molecule has 11 nitrogen and oxygen atoms in total. The van der Waals surface area contributed by atoms with Gasteiger partial charge in [0.15, 0.2) is 0 Å². The van der Waals surface area contributed by atoms with Crippen LogP contribution < -0.4 is 25.0 Å². The van der Waals surface area contributed by atoms with E-state index in [0.717, 1.165) is 24.3 Å². The first-order chi connectivity index (χ1) is 19.5. The number of carbonyl (C=O) groups excluding carboxylic acids is 3. The van der Waals surface area contributed by atoms with Crippen LogP contribution in [0.3, 0.4) is 0 Å².